The zero-order valence-electron chi connectivity index (χ0n) is 10.7. The van der Waals surface area contributed by atoms with Crippen LogP contribution in [-0.2, 0) is 0 Å². The third-order valence-corrected chi connectivity index (χ3v) is 4.07. The molecular formula is C16H11Br2NO. The van der Waals surface area contributed by atoms with Crippen LogP contribution in [0.25, 0.3) is 0 Å². The number of hydrogen-bond acceptors (Lipinski definition) is 2. The van der Waals surface area contributed by atoms with Gasteiger partial charge in [0, 0.05) is 14.5 Å². The van der Waals surface area contributed by atoms with Crippen molar-refractivity contribution in [3.8, 4) is 6.07 Å². The van der Waals surface area contributed by atoms with Crippen LogP contribution in [0.5, 0.6) is 0 Å². The van der Waals surface area contributed by atoms with E-state index in [1.165, 1.54) is 0 Å². The SMILES string of the molecule is Cc1cc(Br)ccc1C(=O)C(C#N)c1ccc(Br)cc1. The smallest absolute Gasteiger partial charge is 0.184 e. The van der Waals surface area contributed by atoms with E-state index in [0.29, 0.717) is 11.1 Å². The molecule has 4 heteroatoms. The van der Waals surface area contributed by atoms with E-state index in [0.717, 1.165) is 14.5 Å². The average molecular weight is 393 g/mol. The highest BCUT2D eigenvalue weighted by atomic mass is 79.9. The summed E-state index contributed by atoms with van der Waals surface area (Å²) in [6, 6.07) is 14.8. The molecule has 0 bridgehead atoms. The van der Waals surface area contributed by atoms with Crippen molar-refractivity contribution in [2.24, 2.45) is 0 Å². The van der Waals surface area contributed by atoms with Gasteiger partial charge in [-0.25, -0.2) is 0 Å². The summed E-state index contributed by atoms with van der Waals surface area (Å²) in [5, 5.41) is 9.33. The van der Waals surface area contributed by atoms with E-state index in [4.69, 9.17) is 0 Å². The molecule has 0 fully saturated rings. The summed E-state index contributed by atoms with van der Waals surface area (Å²) in [6.45, 7) is 1.87. The van der Waals surface area contributed by atoms with Crippen molar-refractivity contribution in [3.05, 3.63) is 68.1 Å². The van der Waals surface area contributed by atoms with Gasteiger partial charge in [-0.05, 0) is 48.4 Å². The number of benzene rings is 2. The van der Waals surface area contributed by atoms with E-state index < -0.39 is 5.92 Å². The van der Waals surface area contributed by atoms with Crippen LogP contribution in [0, 0.1) is 18.3 Å². The molecule has 20 heavy (non-hydrogen) atoms. The minimum absolute atomic E-state index is 0.167. The van der Waals surface area contributed by atoms with Gasteiger partial charge in [-0.15, -0.1) is 0 Å². The molecule has 2 aromatic rings. The lowest BCUT2D eigenvalue weighted by Gasteiger charge is -2.11. The average Bonchev–Trinajstić information content (AvgIpc) is 2.41. The fourth-order valence-corrected chi connectivity index (χ4v) is 2.74. The molecule has 0 aromatic heterocycles. The molecule has 2 aromatic carbocycles. The van der Waals surface area contributed by atoms with Gasteiger partial charge in [-0.3, -0.25) is 4.79 Å². The highest BCUT2D eigenvalue weighted by Gasteiger charge is 2.23. The Morgan fingerprint density at radius 3 is 2.25 bits per heavy atom. The van der Waals surface area contributed by atoms with Crippen molar-refractivity contribution < 1.29 is 4.79 Å². The van der Waals surface area contributed by atoms with Crippen molar-refractivity contribution in [1.82, 2.24) is 0 Å². The fourth-order valence-electron chi connectivity index (χ4n) is 2.00. The molecule has 0 spiro atoms. The van der Waals surface area contributed by atoms with Crippen molar-refractivity contribution in [3.63, 3.8) is 0 Å². The number of Topliss-reactive ketones (excluding diaryl/α,β-unsaturated/α-hetero) is 1. The highest BCUT2D eigenvalue weighted by Crippen LogP contribution is 2.25. The van der Waals surface area contributed by atoms with E-state index in [-0.39, 0.29) is 5.78 Å². The molecule has 0 N–H and O–H groups in total. The highest BCUT2D eigenvalue weighted by molar-refractivity contribution is 9.10. The third kappa shape index (κ3) is 3.17. The minimum atomic E-state index is -0.775. The quantitative estimate of drug-likeness (QED) is 0.688. The Labute approximate surface area is 134 Å². The molecule has 1 atom stereocenters. The normalized spacial score (nSPS) is 11.7. The molecular weight excluding hydrogens is 382 g/mol. The van der Waals surface area contributed by atoms with Crippen LogP contribution in [0.3, 0.4) is 0 Å². The van der Waals surface area contributed by atoms with Crippen LogP contribution in [0.1, 0.15) is 27.4 Å². The number of carbonyl (C=O) groups excluding carboxylic acids is 1. The maximum Gasteiger partial charge on any atom is 0.184 e. The molecule has 0 aliphatic carbocycles. The van der Waals surface area contributed by atoms with Crippen LogP contribution >= 0.6 is 31.9 Å². The molecule has 0 radical (unpaired) electrons. The first-order chi connectivity index (χ1) is 9.52. The molecule has 0 amide bonds. The Balaban J connectivity index is 2.39. The Hall–Kier alpha value is -1.44. The van der Waals surface area contributed by atoms with Crippen LogP contribution in [0.2, 0.25) is 0 Å². The first-order valence-electron chi connectivity index (χ1n) is 5.98. The predicted octanol–water partition coefficient (Wildman–Crippen LogP) is 5.01. The second-order valence-corrected chi connectivity index (χ2v) is 6.27. The van der Waals surface area contributed by atoms with Crippen LogP contribution < -0.4 is 0 Å². The summed E-state index contributed by atoms with van der Waals surface area (Å²) in [5.74, 6) is -0.942. The first kappa shape index (κ1) is 15.0. The molecule has 2 rings (SSSR count). The van der Waals surface area contributed by atoms with E-state index in [1.807, 2.05) is 31.2 Å². The molecule has 0 aliphatic rings. The van der Waals surface area contributed by atoms with Crippen molar-refractivity contribution in [1.29, 1.82) is 5.26 Å². The first-order valence-corrected chi connectivity index (χ1v) is 7.57. The van der Waals surface area contributed by atoms with Gasteiger partial charge >= 0.3 is 0 Å². The number of nitriles is 1. The summed E-state index contributed by atoms with van der Waals surface area (Å²) in [4.78, 5) is 12.5. The number of hydrogen-bond donors (Lipinski definition) is 0. The van der Waals surface area contributed by atoms with Crippen molar-refractivity contribution in [2.45, 2.75) is 12.8 Å². The zero-order chi connectivity index (χ0) is 14.7. The standard InChI is InChI=1S/C16H11Br2NO/c1-10-8-13(18)6-7-14(10)16(20)15(9-19)11-2-4-12(17)5-3-11/h2-8,15H,1H3. The fraction of sp³-hybridized carbons (Fsp3) is 0.125. The van der Waals surface area contributed by atoms with Gasteiger partial charge in [-0.1, -0.05) is 44.0 Å². The van der Waals surface area contributed by atoms with Gasteiger partial charge in [0.05, 0.1) is 6.07 Å². The van der Waals surface area contributed by atoms with E-state index in [1.54, 1.807) is 18.2 Å². The molecule has 0 heterocycles. The monoisotopic (exact) mass is 391 g/mol. The van der Waals surface area contributed by atoms with E-state index >= 15 is 0 Å². The maximum atomic E-state index is 12.5. The Bertz CT molecular complexity index is 687. The lowest BCUT2D eigenvalue weighted by atomic mass is 9.90. The number of carbonyl (C=O) groups is 1. The van der Waals surface area contributed by atoms with Gasteiger partial charge < -0.3 is 0 Å². The van der Waals surface area contributed by atoms with E-state index in [9.17, 15) is 10.1 Å². The number of halogens is 2. The van der Waals surface area contributed by atoms with Gasteiger partial charge in [0.1, 0.15) is 5.92 Å². The van der Waals surface area contributed by atoms with Gasteiger partial charge in [0.15, 0.2) is 5.78 Å². The summed E-state index contributed by atoms with van der Waals surface area (Å²) < 4.78 is 1.84. The molecule has 100 valence electrons. The number of ketones is 1. The van der Waals surface area contributed by atoms with Crippen LogP contribution in [0.15, 0.2) is 51.4 Å². The summed E-state index contributed by atoms with van der Waals surface area (Å²) in [5.41, 5.74) is 2.16. The van der Waals surface area contributed by atoms with Crippen molar-refractivity contribution in [2.75, 3.05) is 0 Å². The van der Waals surface area contributed by atoms with Crippen LogP contribution in [0.4, 0.5) is 0 Å². The molecule has 0 saturated heterocycles. The largest absolute Gasteiger partial charge is 0.292 e. The van der Waals surface area contributed by atoms with Crippen molar-refractivity contribution >= 4 is 37.6 Å². The van der Waals surface area contributed by atoms with Gasteiger partial charge in [0.25, 0.3) is 0 Å². The summed E-state index contributed by atoms with van der Waals surface area (Å²) in [7, 11) is 0. The molecule has 0 aliphatic heterocycles. The van der Waals surface area contributed by atoms with E-state index in [2.05, 4.69) is 37.9 Å². The Morgan fingerprint density at radius 1 is 1.10 bits per heavy atom. The topological polar surface area (TPSA) is 40.9 Å². The second-order valence-electron chi connectivity index (χ2n) is 4.44. The zero-order valence-corrected chi connectivity index (χ0v) is 13.9. The Kier molecular flexibility index (Phi) is 4.74. The van der Waals surface area contributed by atoms with Gasteiger partial charge in [0.2, 0.25) is 0 Å². The predicted molar refractivity (Wildman–Crippen MR) is 85.7 cm³/mol. The number of aryl methyl sites for hydroxylation is 1. The lowest BCUT2D eigenvalue weighted by Crippen LogP contribution is -2.12. The molecule has 0 saturated carbocycles. The summed E-state index contributed by atoms with van der Waals surface area (Å²) in [6.07, 6.45) is 0. The maximum absolute atomic E-state index is 12.5. The lowest BCUT2D eigenvalue weighted by molar-refractivity contribution is 0.0978. The van der Waals surface area contributed by atoms with Gasteiger partial charge in [-0.2, -0.15) is 5.26 Å². The second kappa shape index (κ2) is 6.34. The summed E-state index contributed by atoms with van der Waals surface area (Å²) >= 11 is 6.72. The van der Waals surface area contributed by atoms with Crippen LogP contribution in [-0.4, -0.2) is 5.78 Å². The third-order valence-electron chi connectivity index (χ3n) is 3.05. The molecule has 1 unspecified atom stereocenters. The Morgan fingerprint density at radius 2 is 1.70 bits per heavy atom. The molecule has 2 nitrogen and oxygen atoms in total. The number of rotatable bonds is 3. The number of nitrogens with zero attached hydrogens (tertiary/aromatic N) is 1. The minimum Gasteiger partial charge on any atom is -0.292 e.